The minimum absolute atomic E-state index is 0.343. The molecule has 1 aliphatic rings. The van der Waals surface area contributed by atoms with Crippen LogP contribution in [0.4, 0.5) is 5.69 Å². The summed E-state index contributed by atoms with van der Waals surface area (Å²) in [6, 6.07) is 8.22. The first-order valence-corrected chi connectivity index (χ1v) is 6.61. The number of nitrogen functional groups attached to an aromatic ring is 1. The summed E-state index contributed by atoms with van der Waals surface area (Å²) in [6.07, 6.45) is 1.95. The first kappa shape index (κ1) is 11.3. The minimum Gasteiger partial charge on any atom is -0.465 e. The highest BCUT2D eigenvalue weighted by Crippen LogP contribution is 2.44. The third kappa shape index (κ3) is 1.53. The molecule has 0 saturated heterocycles. The van der Waals surface area contributed by atoms with Gasteiger partial charge in [-0.15, -0.1) is 11.3 Å². The van der Waals surface area contributed by atoms with Crippen LogP contribution < -0.4 is 5.73 Å². The minimum atomic E-state index is -0.343. The fourth-order valence-corrected chi connectivity index (χ4v) is 3.59. The van der Waals surface area contributed by atoms with Crippen LogP contribution in [0.2, 0.25) is 0 Å². The molecule has 2 N–H and O–H groups in total. The Hall–Kier alpha value is -1.81. The maximum atomic E-state index is 11.7. The predicted molar refractivity (Wildman–Crippen MR) is 72.9 cm³/mol. The Morgan fingerprint density at radius 3 is 2.89 bits per heavy atom. The zero-order chi connectivity index (χ0) is 12.7. The normalized spacial score (nSPS) is 12.7. The number of carbonyl (C=O) groups excluding carboxylic acids is 1. The number of benzene rings is 1. The lowest BCUT2D eigenvalue weighted by molar-refractivity contribution is 0.0607. The zero-order valence-electron chi connectivity index (χ0n) is 10.0. The average Bonchev–Trinajstić information content (AvgIpc) is 2.76. The Balaban J connectivity index is 2.22. The van der Waals surface area contributed by atoms with Crippen LogP contribution in [-0.4, -0.2) is 13.1 Å². The molecule has 92 valence electrons. The molecule has 1 heterocycles. The largest absolute Gasteiger partial charge is 0.465 e. The third-order valence-electron chi connectivity index (χ3n) is 3.30. The topological polar surface area (TPSA) is 52.3 Å². The van der Waals surface area contributed by atoms with E-state index in [1.54, 1.807) is 0 Å². The number of thiophene rings is 1. The zero-order valence-corrected chi connectivity index (χ0v) is 10.8. The molecule has 0 radical (unpaired) electrons. The summed E-state index contributed by atoms with van der Waals surface area (Å²) in [4.78, 5) is 13.4. The van der Waals surface area contributed by atoms with Crippen LogP contribution in [-0.2, 0) is 17.6 Å². The molecule has 3 nitrogen and oxygen atoms in total. The van der Waals surface area contributed by atoms with Crippen molar-refractivity contribution in [1.29, 1.82) is 0 Å². The lowest BCUT2D eigenvalue weighted by atomic mass is 9.90. The highest BCUT2D eigenvalue weighted by atomic mass is 32.1. The molecule has 0 aliphatic heterocycles. The summed E-state index contributed by atoms with van der Waals surface area (Å²) < 4.78 is 4.77. The van der Waals surface area contributed by atoms with Crippen LogP contribution in [0.1, 0.15) is 20.1 Å². The van der Waals surface area contributed by atoms with Gasteiger partial charge in [-0.2, -0.15) is 0 Å². The Kier molecular flexibility index (Phi) is 2.59. The standard InChI is InChI=1S/C14H13NO2S/c1-17-14(16)13-12(15)11-9-5-3-2-4-8(9)6-7-10(11)18-13/h2-5H,6-7,15H2,1H3. The monoisotopic (exact) mass is 259 g/mol. The quantitative estimate of drug-likeness (QED) is 0.801. The van der Waals surface area contributed by atoms with Crippen molar-refractivity contribution in [1.82, 2.24) is 0 Å². The van der Waals surface area contributed by atoms with Crippen LogP contribution in [0.15, 0.2) is 24.3 Å². The van der Waals surface area contributed by atoms with Crippen LogP contribution in [0.3, 0.4) is 0 Å². The molecular weight excluding hydrogens is 246 g/mol. The number of esters is 1. The van der Waals surface area contributed by atoms with Crippen molar-refractivity contribution in [2.45, 2.75) is 12.8 Å². The van der Waals surface area contributed by atoms with E-state index in [2.05, 4.69) is 12.1 Å². The van der Waals surface area contributed by atoms with Gasteiger partial charge in [-0.25, -0.2) is 4.79 Å². The summed E-state index contributed by atoms with van der Waals surface area (Å²) in [5, 5.41) is 0. The van der Waals surface area contributed by atoms with Gasteiger partial charge in [-0.1, -0.05) is 24.3 Å². The van der Waals surface area contributed by atoms with Gasteiger partial charge in [0.2, 0.25) is 0 Å². The molecule has 1 aromatic heterocycles. The molecule has 0 bridgehead atoms. The van der Waals surface area contributed by atoms with Gasteiger partial charge in [0.25, 0.3) is 0 Å². The average molecular weight is 259 g/mol. The number of nitrogens with two attached hydrogens (primary N) is 1. The molecule has 1 aliphatic carbocycles. The third-order valence-corrected chi connectivity index (χ3v) is 4.54. The number of anilines is 1. The Morgan fingerprint density at radius 2 is 2.11 bits per heavy atom. The molecule has 0 unspecified atom stereocenters. The van der Waals surface area contributed by atoms with Crippen molar-refractivity contribution in [2.24, 2.45) is 0 Å². The maximum absolute atomic E-state index is 11.7. The Bertz CT molecular complexity index is 631. The van der Waals surface area contributed by atoms with E-state index in [9.17, 15) is 4.79 Å². The van der Waals surface area contributed by atoms with E-state index in [1.165, 1.54) is 28.9 Å². The number of methoxy groups -OCH3 is 1. The van der Waals surface area contributed by atoms with Crippen molar-refractivity contribution in [2.75, 3.05) is 12.8 Å². The summed E-state index contributed by atoms with van der Waals surface area (Å²) in [6.45, 7) is 0. The number of fused-ring (bicyclic) bond motifs is 3. The maximum Gasteiger partial charge on any atom is 0.350 e. The Labute approximate surface area is 109 Å². The molecule has 4 heteroatoms. The predicted octanol–water partition coefficient (Wildman–Crippen LogP) is 2.88. The molecule has 3 rings (SSSR count). The molecule has 0 saturated carbocycles. The van der Waals surface area contributed by atoms with Crippen molar-refractivity contribution in [3.63, 3.8) is 0 Å². The van der Waals surface area contributed by atoms with E-state index >= 15 is 0 Å². The first-order chi connectivity index (χ1) is 8.72. The molecule has 2 aromatic rings. The molecule has 0 spiro atoms. The lowest BCUT2D eigenvalue weighted by Gasteiger charge is -2.16. The van der Waals surface area contributed by atoms with Crippen molar-refractivity contribution in [3.05, 3.63) is 39.6 Å². The van der Waals surface area contributed by atoms with Gasteiger partial charge in [-0.3, -0.25) is 0 Å². The highest BCUT2D eigenvalue weighted by molar-refractivity contribution is 7.15. The second-order valence-electron chi connectivity index (χ2n) is 4.29. The smallest absolute Gasteiger partial charge is 0.350 e. The summed E-state index contributed by atoms with van der Waals surface area (Å²) >= 11 is 1.46. The molecule has 0 atom stereocenters. The summed E-state index contributed by atoms with van der Waals surface area (Å²) in [7, 11) is 1.38. The van der Waals surface area contributed by atoms with Crippen LogP contribution in [0.5, 0.6) is 0 Å². The van der Waals surface area contributed by atoms with E-state index in [4.69, 9.17) is 10.5 Å². The van der Waals surface area contributed by atoms with E-state index in [0.29, 0.717) is 10.6 Å². The van der Waals surface area contributed by atoms with Gasteiger partial charge in [0.15, 0.2) is 0 Å². The molecule has 0 fully saturated rings. The second-order valence-corrected chi connectivity index (χ2v) is 5.40. The van der Waals surface area contributed by atoms with Crippen molar-refractivity contribution in [3.8, 4) is 11.1 Å². The van der Waals surface area contributed by atoms with Gasteiger partial charge in [0.1, 0.15) is 4.88 Å². The number of carbonyl (C=O) groups is 1. The summed E-state index contributed by atoms with van der Waals surface area (Å²) in [5.41, 5.74) is 10.2. The fraction of sp³-hybridized carbons (Fsp3) is 0.214. The number of hydrogen-bond acceptors (Lipinski definition) is 4. The first-order valence-electron chi connectivity index (χ1n) is 5.80. The van der Waals surface area contributed by atoms with E-state index < -0.39 is 0 Å². The number of hydrogen-bond donors (Lipinski definition) is 1. The summed E-state index contributed by atoms with van der Waals surface area (Å²) in [5.74, 6) is -0.343. The molecule has 18 heavy (non-hydrogen) atoms. The van der Waals surface area contributed by atoms with Gasteiger partial charge < -0.3 is 10.5 Å². The highest BCUT2D eigenvalue weighted by Gasteiger charge is 2.26. The van der Waals surface area contributed by atoms with Crippen molar-refractivity contribution >= 4 is 23.0 Å². The van der Waals surface area contributed by atoms with E-state index in [0.717, 1.165) is 24.0 Å². The van der Waals surface area contributed by atoms with E-state index in [1.807, 2.05) is 12.1 Å². The van der Waals surface area contributed by atoms with Crippen molar-refractivity contribution < 1.29 is 9.53 Å². The Morgan fingerprint density at radius 1 is 1.33 bits per heavy atom. The van der Waals surface area contributed by atoms with Gasteiger partial charge >= 0.3 is 5.97 Å². The second kappa shape index (κ2) is 4.14. The number of aryl methyl sites for hydroxylation is 2. The molecular formula is C14H13NO2S. The number of rotatable bonds is 1. The SMILES string of the molecule is COC(=O)c1sc2c(c1N)-c1ccccc1CC2. The van der Waals surface area contributed by atoms with Crippen LogP contribution in [0, 0.1) is 0 Å². The van der Waals surface area contributed by atoms with Crippen LogP contribution in [0.25, 0.3) is 11.1 Å². The van der Waals surface area contributed by atoms with Gasteiger partial charge in [0, 0.05) is 10.4 Å². The lowest BCUT2D eigenvalue weighted by Crippen LogP contribution is -2.04. The fourth-order valence-electron chi connectivity index (χ4n) is 2.44. The van der Waals surface area contributed by atoms with Gasteiger partial charge in [0.05, 0.1) is 12.8 Å². The molecule has 1 aromatic carbocycles. The van der Waals surface area contributed by atoms with Gasteiger partial charge in [-0.05, 0) is 24.0 Å². The molecule has 0 amide bonds. The van der Waals surface area contributed by atoms with Crippen LogP contribution >= 0.6 is 11.3 Å². The number of ether oxygens (including phenoxy) is 1. The van der Waals surface area contributed by atoms with E-state index in [-0.39, 0.29) is 5.97 Å².